The zero-order valence-electron chi connectivity index (χ0n) is 20.7. The molecular weight excluding hydrogens is 388 g/mol. The molecule has 2 nitrogen and oxygen atoms in total. The van der Waals surface area contributed by atoms with Gasteiger partial charge in [0, 0.05) is 37.5 Å². The van der Waals surface area contributed by atoms with Crippen LogP contribution in [0, 0.1) is 5.41 Å². The van der Waals surface area contributed by atoms with Crippen LogP contribution >= 0.6 is 0 Å². The van der Waals surface area contributed by atoms with Crippen molar-refractivity contribution in [2.75, 3.05) is 26.0 Å². The number of nitrogens with zero attached hydrogens (tertiary/aromatic N) is 2. The molecule has 0 unspecified atom stereocenters. The third kappa shape index (κ3) is 4.37. The Bertz CT molecular complexity index is 1140. The second-order valence-corrected chi connectivity index (χ2v) is 10.9. The molecule has 1 aliphatic carbocycles. The molecule has 2 heteroatoms. The van der Waals surface area contributed by atoms with Gasteiger partial charge in [-0.05, 0) is 60.9 Å². The Morgan fingerprint density at radius 1 is 0.875 bits per heavy atom. The van der Waals surface area contributed by atoms with Gasteiger partial charge >= 0.3 is 0 Å². The van der Waals surface area contributed by atoms with Crippen molar-refractivity contribution in [1.82, 2.24) is 0 Å². The molecule has 1 aliphatic heterocycles. The van der Waals surface area contributed by atoms with Crippen LogP contribution in [0.4, 0.5) is 11.4 Å². The van der Waals surface area contributed by atoms with E-state index in [9.17, 15) is 0 Å². The van der Waals surface area contributed by atoms with Crippen molar-refractivity contribution in [3.8, 4) is 0 Å². The van der Waals surface area contributed by atoms with Crippen molar-refractivity contribution >= 4 is 23.2 Å². The van der Waals surface area contributed by atoms with Gasteiger partial charge in [-0.3, -0.25) is 0 Å². The SMILES string of the molecule is CN(C)c1ccc(C=CC2=CC(=CC3=[N+](C)c4ccccc4C3(C)C)CC(C)(C)C2)cc1. The molecule has 0 bridgehead atoms. The molecule has 0 N–H and O–H groups in total. The predicted octanol–water partition coefficient (Wildman–Crippen LogP) is 7.14. The van der Waals surface area contributed by atoms with Crippen LogP contribution in [0.1, 0.15) is 51.7 Å². The Labute approximate surface area is 194 Å². The first kappa shape index (κ1) is 22.3. The molecule has 32 heavy (non-hydrogen) atoms. The van der Waals surface area contributed by atoms with Gasteiger partial charge < -0.3 is 4.90 Å². The summed E-state index contributed by atoms with van der Waals surface area (Å²) in [5.74, 6) is 0. The van der Waals surface area contributed by atoms with E-state index >= 15 is 0 Å². The van der Waals surface area contributed by atoms with Gasteiger partial charge in [-0.1, -0.05) is 62.4 Å². The first-order chi connectivity index (χ1) is 15.1. The lowest BCUT2D eigenvalue weighted by Gasteiger charge is -2.30. The summed E-state index contributed by atoms with van der Waals surface area (Å²) in [4.78, 5) is 2.13. The Morgan fingerprint density at radius 3 is 2.22 bits per heavy atom. The summed E-state index contributed by atoms with van der Waals surface area (Å²) in [7, 11) is 6.36. The lowest BCUT2D eigenvalue weighted by Crippen LogP contribution is -2.28. The van der Waals surface area contributed by atoms with E-state index in [1.54, 1.807) is 0 Å². The minimum Gasteiger partial charge on any atom is -0.378 e. The second-order valence-electron chi connectivity index (χ2n) is 10.9. The van der Waals surface area contributed by atoms with Crippen LogP contribution in [0.15, 0.2) is 77.9 Å². The van der Waals surface area contributed by atoms with Crippen molar-refractivity contribution in [2.45, 2.75) is 46.0 Å². The maximum Gasteiger partial charge on any atom is 0.209 e. The molecular formula is C30H37N2+. The van der Waals surface area contributed by atoms with E-state index in [1.165, 1.54) is 39.4 Å². The van der Waals surface area contributed by atoms with Gasteiger partial charge in [0.2, 0.25) is 5.69 Å². The maximum atomic E-state index is 2.45. The van der Waals surface area contributed by atoms with E-state index in [1.807, 2.05) is 0 Å². The first-order valence-electron chi connectivity index (χ1n) is 11.6. The van der Waals surface area contributed by atoms with E-state index in [0.29, 0.717) is 0 Å². The molecule has 4 rings (SSSR count). The highest BCUT2D eigenvalue weighted by molar-refractivity contribution is 6.03. The quantitative estimate of drug-likeness (QED) is 0.472. The van der Waals surface area contributed by atoms with Crippen molar-refractivity contribution in [1.29, 1.82) is 0 Å². The van der Waals surface area contributed by atoms with Crippen molar-refractivity contribution in [3.05, 3.63) is 89.0 Å². The highest BCUT2D eigenvalue weighted by atomic mass is 15.1. The Kier molecular flexibility index (Phi) is 5.75. The van der Waals surface area contributed by atoms with Crippen LogP contribution in [-0.2, 0) is 5.41 Å². The molecule has 2 aromatic carbocycles. The zero-order chi connectivity index (χ0) is 23.1. The number of allylic oxidation sites excluding steroid dienone is 5. The molecule has 2 aromatic rings. The van der Waals surface area contributed by atoms with Gasteiger partial charge in [0.1, 0.15) is 7.05 Å². The molecule has 0 aromatic heterocycles. The fourth-order valence-corrected chi connectivity index (χ4v) is 5.23. The van der Waals surface area contributed by atoms with E-state index in [4.69, 9.17) is 0 Å². The Morgan fingerprint density at radius 2 is 1.56 bits per heavy atom. The maximum absolute atomic E-state index is 2.45. The van der Waals surface area contributed by atoms with Gasteiger partial charge in [-0.2, -0.15) is 4.58 Å². The fourth-order valence-electron chi connectivity index (χ4n) is 5.23. The first-order valence-corrected chi connectivity index (χ1v) is 11.6. The lowest BCUT2D eigenvalue weighted by atomic mass is 9.73. The third-order valence-corrected chi connectivity index (χ3v) is 6.90. The van der Waals surface area contributed by atoms with Crippen molar-refractivity contribution < 1.29 is 4.58 Å². The molecule has 0 amide bonds. The summed E-state index contributed by atoms with van der Waals surface area (Å²) in [5, 5.41) is 0. The van der Waals surface area contributed by atoms with Crippen LogP contribution in [0.2, 0.25) is 0 Å². The topological polar surface area (TPSA) is 6.25 Å². The summed E-state index contributed by atoms with van der Waals surface area (Å²) in [6.45, 7) is 9.46. The number of rotatable bonds is 4. The molecule has 0 radical (unpaired) electrons. The summed E-state index contributed by atoms with van der Waals surface area (Å²) >= 11 is 0. The van der Waals surface area contributed by atoms with Crippen LogP contribution < -0.4 is 4.90 Å². The molecule has 0 atom stereocenters. The average molecular weight is 426 g/mol. The van der Waals surface area contributed by atoms with E-state index < -0.39 is 0 Å². The minimum absolute atomic E-state index is 0.0119. The molecule has 1 heterocycles. The second kappa shape index (κ2) is 8.24. The summed E-state index contributed by atoms with van der Waals surface area (Å²) < 4.78 is 2.37. The smallest absolute Gasteiger partial charge is 0.209 e. The summed E-state index contributed by atoms with van der Waals surface area (Å²) in [6, 6.07) is 17.5. The molecule has 0 saturated carbocycles. The number of fused-ring (bicyclic) bond motifs is 1. The number of hydrogen-bond acceptors (Lipinski definition) is 1. The normalized spacial score (nSPS) is 20.6. The van der Waals surface area contributed by atoms with Crippen molar-refractivity contribution in [3.63, 3.8) is 0 Å². The van der Waals surface area contributed by atoms with E-state index in [-0.39, 0.29) is 10.8 Å². The number of benzene rings is 2. The fraction of sp³-hybridized carbons (Fsp3) is 0.367. The predicted molar refractivity (Wildman–Crippen MR) is 139 cm³/mol. The molecule has 2 aliphatic rings. The molecule has 0 spiro atoms. The molecule has 0 saturated heterocycles. The van der Waals surface area contributed by atoms with Crippen molar-refractivity contribution in [2.24, 2.45) is 5.41 Å². The zero-order valence-corrected chi connectivity index (χ0v) is 20.7. The van der Waals surface area contributed by atoms with Gasteiger partial charge in [-0.15, -0.1) is 0 Å². The van der Waals surface area contributed by atoms with Crippen LogP contribution in [0.3, 0.4) is 0 Å². The third-order valence-electron chi connectivity index (χ3n) is 6.90. The minimum atomic E-state index is 0.0119. The largest absolute Gasteiger partial charge is 0.378 e. The number of para-hydroxylation sites is 1. The van der Waals surface area contributed by atoms with Gasteiger partial charge in [0.25, 0.3) is 0 Å². The standard InChI is InChI=1S/C30H37N2/c1-29(2)20-23(13-12-22-14-16-25(17-15-22)31(5)6)18-24(21-29)19-28-30(3,4)26-10-8-9-11-27(26)32(28)7/h8-19H,20-21H2,1-7H3/q+1. The van der Waals surface area contributed by atoms with E-state index in [2.05, 4.69) is 131 Å². The average Bonchev–Trinajstić information content (AvgIpc) is 2.92. The van der Waals surface area contributed by atoms with Crippen LogP contribution in [-0.4, -0.2) is 31.4 Å². The number of anilines is 1. The Hall–Kier alpha value is -2.87. The van der Waals surface area contributed by atoms with Crippen LogP contribution in [0.5, 0.6) is 0 Å². The van der Waals surface area contributed by atoms with Crippen LogP contribution in [0.25, 0.3) is 6.08 Å². The summed E-state index contributed by atoms with van der Waals surface area (Å²) in [5.41, 5.74) is 9.68. The lowest BCUT2D eigenvalue weighted by molar-refractivity contribution is -0.401. The van der Waals surface area contributed by atoms with Gasteiger partial charge in [0.05, 0.1) is 5.41 Å². The number of hydrogen-bond donors (Lipinski definition) is 0. The highest BCUT2D eigenvalue weighted by Crippen LogP contribution is 2.42. The van der Waals surface area contributed by atoms with Gasteiger partial charge in [0.15, 0.2) is 5.71 Å². The van der Waals surface area contributed by atoms with Gasteiger partial charge in [-0.25, -0.2) is 0 Å². The summed E-state index contributed by atoms with van der Waals surface area (Å²) in [6.07, 6.45) is 11.6. The highest BCUT2D eigenvalue weighted by Gasteiger charge is 2.43. The monoisotopic (exact) mass is 425 g/mol. The van der Waals surface area contributed by atoms with E-state index in [0.717, 1.165) is 12.8 Å². The molecule has 166 valence electrons. The Balaban J connectivity index is 1.65. The molecule has 0 fully saturated rings.